The van der Waals surface area contributed by atoms with E-state index < -0.39 is 10.0 Å². The molecule has 0 unspecified atom stereocenters. The molecule has 0 saturated heterocycles. The lowest BCUT2D eigenvalue weighted by Gasteiger charge is -2.13. The lowest BCUT2D eigenvalue weighted by atomic mass is 10.2. The Balaban J connectivity index is 1.80. The van der Waals surface area contributed by atoms with E-state index in [0.717, 1.165) is 5.56 Å². The molecule has 3 rings (SSSR count). The first-order valence-corrected chi connectivity index (χ1v) is 9.14. The second kappa shape index (κ2) is 7.19. The molecule has 0 aliphatic carbocycles. The van der Waals surface area contributed by atoms with Gasteiger partial charge >= 0.3 is 0 Å². The topological polar surface area (TPSA) is 55.4 Å². The highest BCUT2D eigenvalue weighted by Crippen LogP contribution is 2.30. The van der Waals surface area contributed by atoms with Gasteiger partial charge in [-0.2, -0.15) is 0 Å². The van der Waals surface area contributed by atoms with Gasteiger partial charge in [0, 0.05) is 0 Å². The van der Waals surface area contributed by atoms with Crippen LogP contribution in [0.4, 0.5) is 5.69 Å². The number of anilines is 1. The van der Waals surface area contributed by atoms with Crippen molar-refractivity contribution in [2.45, 2.75) is 5.75 Å². The predicted octanol–water partition coefficient (Wildman–Crippen LogP) is 4.42. The Kier molecular flexibility index (Phi) is 4.82. The Labute approximate surface area is 141 Å². The molecular formula is C19H17NO3S. The van der Waals surface area contributed by atoms with Gasteiger partial charge in [-0.15, -0.1) is 0 Å². The van der Waals surface area contributed by atoms with Gasteiger partial charge in [0.1, 0.15) is 5.75 Å². The molecule has 0 fully saturated rings. The maximum atomic E-state index is 12.4. The van der Waals surface area contributed by atoms with Gasteiger partial charge in [0.15, 0.2) is 5.75 Å². The first-order chi connectivity index (χ1) is 11.6. The SMILES string of the molecule is O=S(=O)(Cc1ccccc1)Nc1ccccc1Oc1ccccc1. The first-order valence-electron chi connectivity index (χ1n) is 7.49. The van der Waals surface area contributed by atoms with E-state index in [0.29, 0.717) is 17.2 Å². The van der Waals surface area contributed by atoms with Crippen LogP contribution in [0.15, 0.2) is 84.9 Å². The molecule has 0 aliphatic heterocycles. The van der Waals surface area contributed by atoms with E-state index in [4.69, 9.17) is 4.74 Å². The normalized spacial score (nSPS) is 11.0. The lowest BCUT2D eigenvalue weighted by molar-refractivity contribution is 0.485. The molecule has 3 aromatic rings. The Morgan fingerprint density at radius 3 is 2.04 bits per heavy atom. The molecule has 0 heterocycles. The highest BCUT2D eigenvalue weighted by Gasteiger charge is 2.14. The van der Waals surface area contributed by atoms with Crippen molar-refractivity contribution in [3.8, 4) is 11.5 Å². The van der Waals surface area contributed by atoms with Crippen LogP contribution in [0.5, 0.6) is 11.5 Å². The molecule has 0 atom stereocenters. The fourth-order valence-corrected chi connectivity index (χ4v) is 3.46. The first kappa shape index (κ1) is 16.1. The molecule has 0 amide bonds. The highest BCUT2D eigenvalue weighted by molar-refractivity contribution is 7.91. The predicted molar refractivity (Wildman–Crippen MR) is 95.6 cm³/mol. The van der Waals surface area contributed by atoms with Crippen molar-refractivity contribution in [2.75, 3.05) is 4.72 Å². The second-order valence-corrected chi connectivity index (χ2v) is 6.98. The van der Waals surface area contributed by atoms with Gasteiger partial charge in [0.05, 0.1) is 11.4 Å². The van der Waals surface area contributed by atoms with Crippen molar-refractivity contribution in [1.29, 1.82) is 0 Å². The van der Waals surface area contributed by atoms with E-state index in [2.05, 4.69) is 4.72 Å². The van der Waals surface area contributed by atoms with Gasteiger partial charge in [-0.3, -0.25) is 4.72 Å². The zero-order valence-electron chi connectivity index (χ0n) is 12.9. The monoisotopic (exact) mass is 339 g/mol. The fourth-order valence-electron chi connectivity index (χ4n) is 2.25. The van der Waals surface area contributed by atoms with E-state index >= 15 is 0 Å². The summed E-state index contributed by atoms with van der Waals surface area (Å²) in [5, 5.41) is 0. The van der Waals surface area contributed by atoms with Gasteiger partial charge < -0.3 is 4.74 Å². The van der Waals surface area contributed by atoms with Gasteiger partial charge in [0.2, 0.25) is 10.0 Å². The average Bonchev–Trinajstić information content (AvgIpc) is 2.58. The van der Waals surface area contributed by atoms with Crippen LogP contribution < -0.4 is 9.46 Å². The number of hydrogen-bond donors (Lipinski definition) is 1. The number of nitrogens with one attached hydrogen (secondary N) is 1. The van der Waals surface area contributed by atoms with Crippen molar-refractivity contribution in [1.82, 2.24) is 0 Å². The van der Waals surface area contributed by atoms with Gasteiger partial charge in [-0.25, -0.2) is 8.42 Å². The van der Waals surface area contributed by atoms with E-state index in [1.54, 1.807) is 36.4 Å². The van der Waals surface area contributed by atoms with E-state index in [1.807, 2.05) is 48.5 Å². The fraction of sp³-hybridized carbons (Fsp3) is 0.0526. The Hall–Kier alpha value is -2.79. The molecule has 0 spiro atoms. The zero-order valence-corrected chi connectivity index (χ0v) is 13.7. The summed E-state index contributed by atoms with van der Waals surface area (Å²) in [5.41, 5.74) is 1.14. The Morgan fingerprint density at radius 2 is 1.33 bits per heavy atom. The number of sulfonamides is 1. The van der Waals surface area contributed by atoms with Gasteiger partial charge in [-0.1, -0.05) is 60.7 Å². The second-order valence-electron chi connectivity index (χ2n) is 5.26. The molecule has 1 N–H and O–H groups in total. The van der Waals surface area contributed by atoms with E-state index in [-0.39, 0.29) is 5.75 Å². The van der Waals surface area contributed by atoms with Gasteiger partial charge in [-0.05, 0) is 29.8 Å². The quantitative estimate of drug-likeness (QED) is 0.723. The maximum Gasteiger partial charge on any atom is 0.237 e. The summed E-state index contributed by atoms with van der Waals surface area (Å²) in [6.07, 6.45) is 0. The molecule has 0 aliphatic rings. The van der Waals surface area contributed by atoms with Crippen molar-refractivity contribution >= 4 is 15.7 Å². The molecule has 0 aromatic heterocycles. The molecule has 0 saturated carbocycles. The molecule has 3 aromatic carbocycles. The van der Waals surface area contributed by atoms with E-state index in [1.165, 1.54) is 0 Å². The third-order valence-corrected chi connectivity index (χ3v) is 4.57. The third kappa shape index (κ3) is 4.36. The van der Waals surface area contributed by atoms with Crippen molar-refractivity contribution < 1.29 is 13.2 Å². The van der Waals surface area contributed by atoms with E-state index in [9.17, 15) is 8.42 Å². The zero-order chi connectivity index (χ0) is 16.8. The van der Waals surface area contributed by atoms with Crippen LogP contribution in [0.2, 0.25) is 0 Å². The summed E-state index contributed by atoms with van der Waals surface area (Å²) in [6.45, 7) is 0. The Morgan fingerprint density at radius 1 is 0.750 bits per heavy atom. The minimum Gasteiger partial charge on any atom is -0.455 e. The molecule has 0 radical (unpaired) electrons. The molecule has 5 heteroatoms. The summed E-state index contributed by atoms with van der Waals surface area (Å²) in [7, 11) is -3.53. The lowest BCUT2D eigenvalue weighted by Crippen LogP contribution is -2.15. The van der Waals surface area contributed by atoms with Crippen LogP contribution in [0.1, 0.15) is 5.56 Å². The van der Waals surface area contributed by atoms with Crippen LogP contribution in [0.3, 0.4) is 0 Å². The third-order valence-electron chi connectivity index (χ3n) is 3.32. The maximum absolute atomic E-state index is 12.4. The molecular weight excluding hydrogens is 322 g/mol. The van der Waals surface area contributed by atoms with Crippen molar-refractivity contribution in [2.24, 2.45) is 0 Å². The van der Waals surface area contributed by atoms with Crippen molar-refractivity contribution in [3.63, 3.8) is 0 Å². The number of rotatable bonds is 6. The standard InChI is InChI=1S/C19H17NO3S/c21-24(22,15-16-9-3-1-4-10-16)20-18-13-7-8-14-19(18)23-17-11-5-2-6-12-17/h1-14,20H,15H2. The number of para-hydroxylation sites is 3. The largest absolute Gasteiger partial charge is 0.455 e. The Bertz CT molecular complexity index is 894. The summed E-state index contributed by atoms with van der Waals surface area (Å²) < 4.78 is 33.2. The van der Waals surface area contributed by atoms with Crippen LogP contribution in [0, 0.1) is 0 Å². The summed E-state index contributed by atoms with van der Waals surface area (Å²) in [4.78, 5) is 0. The molecule has 0 bridgehead atoms. The minimum atomic E-state index is -3.53. The van der Waals surface area contributed by atoms with Crippen LogP contribution in [0.25, 0.3) is 0 Å². The average molecular weight is 339 g/mol. The summed E-state index contributed by atoms with van der Waals surface area (Å²) in [6, 6.07) is 25.3. The summed E-state index contributed by atoms with van der Waals surface area (Å²) in [5.74, 6) is 1.01. The summed E-state index contributed by atoms with van der Waals surface area (Å²) >= 11 is 0. The number of ether oxygens (including phenoxy) is 1. The molecule has 4 nitrogen and oxygen atoms in total. The highest BCUT2D eigenvalue weighted by atomic mass is 32.2. The van der Waals surface area contributed by atoms with Crippen LogP contribution >= 0.6 is 0 Å². The number of benzene rings is 3. The van der Waals surface area contributed by atoms with Crippen molar-refractivity contribution in [3.05, 3.63) is 90.5 Å². The van der Waals surface area contributed by atoms with Gasteiger partial charge in [0.25, 0.3) is 0 Å². The molecule has 24 heavy (non-hydrogen) atoms. The van der Waals surface area contributed by atoms with Crippen LogP contribution in [-0.2, 0) is 15.8 Å². The number of hydrogen-bond acceptors (Lipinski definition) is 3. The minimum absolute atomic E-state index is 0.0898. The van der Waals surface area contributed by atoms with Crippen LogP contribution in [-0.4, -0.2) is 8.42 Å². The molecule has 122 valence electrons. The smallest absolute Gasteiger partial charge is 0.237 e.